The predicted molar refractivity (Wildman–Crippen MR) is 120 cm³/mol. The van der Waals surface area contributed by atoms with Crippen LogP contribution < -0.4 is 0 Å². The summed E-state index contributed by atoms with van der Waals surface area (Å²) in [5.74, 6) is 0.0270. The Morgan fingerprint density at radius 2 is 1.50 bits per heavy atom. The van der Waals surface area contributed by atoms with Crippen LogP contribution in [0, 0.1) is 6.92 Å². The van der Waals surface area contributed by atoms with Crippen LogP contribution in [0.25, 0.3) is 4.96 Å². The van der Waals surface area contributed by atoms with Gasteiger partial charge in [0.25, 0.3) is 5.91 Å². The molecule has 0 bridgehead atoms. The molecule has 2 aromatic carbocycles. The lowest BCUT2D eigenvalue weighted by molar-refractivity contribution is 0.0592. The number of amides is 1. The van der Waals surface area contributed by atoms with Crippen molar-refractivity contribution in [1.82, 2.24) is 19.2 Å². The monoisotopic (exact) mass is 416 g/mol. The number of nitrogens with zero attached hydrogens (tertiary/aromatic N) is 4. The maximum absolute atomic E-state index is 13.0. The largest absolute Gasteiger partial charge is 0.335 e. The minimum absolute atomic E-state index is 0.0270. The van der Waals surface area contributed by atoms with Crippen LogP contribution in [-0.4, -0.2) is 51.3 Å². The Kier molecular flexibility index (Phi) is 5.11. The van der Waals surface area contributed by atoms with Crippen LogP contribution in [0.15, 0.2) is 73.1 Å². The van der Waals surface area contributed by atoms with Crippen molar-refractivity contribution >= 4 is 22.2 Å². The number of imidazole rings is 1. The molecule has 0 spiro atoms. The van der Waals surface area contributed by atoms with Gasteiger partial charge in [0, 0.05) is 43.4 Å². The molecule has 6 heteroatoms. The van der Waals surface area contributed by atoms with Crippen LogP contribution in [0.5, 0.6) is 0 Å². The van der Waals surface area contributed by atoms with Gasteiger partial charge in [-0.25, -0.2) is 4.98 Å². The summed E-state index contributed by atoms with van der Waals surface area (Å²) in [6.07, 6.45) is 3.87. The van der Waals surface area contributed by atoms with E-state index in [-0.39, 0.29) is 11.9 Å². The molecule has 5 rings (SSSR count). The van der Waals surface area contributed by atoms with E-state index in [9.17, 15) is 4.79 Å². The number of benzene rings is 2. The molecular weight excluding hydrogens is 392 g/mol. The van der Waals surface area contributed by atoms with Crippen LogP contribution in [0.3, 0.4) is 0 Å². The molecule has 0 N–H and O–H groups in total. The van der Waals surface area contributed by atoms with Gasteiger partial charge in [-0.05, 0) is 18.1 Å². The van der Waals surface area contributed by atoms with Crippen molar-refractivity contribution < 1.29 is 4.79 Å². The SMILES string of the molecule is Cc1cn2cc(C(=O)N3CCN(C(c4ccccc4)c4ccccc4)CC3)nc2s1. The van der Waals surface area contributed by atoms with E-state index in [0.29, 0.717) is 18.8 Å². The molecule has 30 heavy (non-hydrogen) atoms. The molecule has 1 fully saturated rings. The molecule has 1 aliphatic rings. The van der Waals surface area contributed by atoms with Gasteiger partial charge in [-0.1, -0.05) is 60.7 Å². The summed E-state index contributed by atoms with van der Waals surface area (Å²) in [5, 5.41) is 0. The van der Waals surface area contributed by atoms with E-state index >= 15 is 0 Å². The number of hydrogen-bond acceptors (Lipinski definition) is 4. The lowest BCUT2D eigenvalue weighted by atomic mass is 9.96. The molecule has 0 aliphatic carbocycles. The van der Waals surface area contributed by atoms with Crippen LogP contribution in [-0.2, 0) is 0 Å². The Morgan fingerprint density at radius 3 is 2.07 bits per heavy atom. The van der Waals surface area contributed by atoms with Crippen LogP contribution in [0.1, 0.15) is 32.5 Å². The van der Waals surface area contributed by atoms with Gasteiger partial charge in [0.05, 0.1) is 6.04 Å². The van der Waals surface area contributed by atoms with Crippen molar-refractivity contribution in [2.24, 2.45) is 0 Å². The number of hydrogen-bond donors (Lipinski definition) is 0. The first-order chi connectivity index (χ1) is 14.7. The first kappa shape index (κ1) is 19.0. The highest BCUT2D eigenvalue weighted by Crippen LogP contribution is 2.29. The van der Waals surface area contributed by atoms with E-state index in [4.69, 9.17) is 0 Å². The van der Waals surface area contributed by atoms with Crippen molar-refractivity contribution in [2.75, 3.05) is 26.2 Å². The van der Waals surface area contributed by atoms with Gasteiger partial charge in [-0.2, -0.15) is 0 Å². The van der Waals surface area contributed by atoms with E-state index in [1.54, 1.807) is 11.3 Å². The normalized spacial score (nSPS) is 15.2. The number of aryl methyl sites for hydroxylation is 1. The molecular formula is C24H24N4OS. The fourth-order valence-electron chi connectivity index (χ4n) is 4.24. The molecule has 4 aromatic rings. The molecule has 5 nitrogen and oxygen atoms in total. The summed E-state index contributed by atoms with van der Waals surface area (Å²) in [4.78, 5) is 24.0. The van der Waals surface area contributed by atoms with Crippen LogP contribution in [0.4, 0.5) is 0 Å². The topological polar surface area (TPSA) is 40.9 Å². The standard InChI is InChI=1S/C24H24N4OS/c1-18-16-28-17-21(25-24(28)30-18)23(29)27-14-12-26(13-15-27)22(19-8-4-2-5-9-19)20-10-6-3-7-11-20/h2-11,16-17,22H,12-15H2,1H3. The average molecular weight is 417 g/mol. The quantitative estimate of drug-likeness (QED) is 0.499. The number of aromatic nitrogens is 2. The number of rotatable bonds is 4. The minimum atomic E-state index is 0.0270. The summed E-state index contributed by atoms with van der Waals surface area (Å²) >= 11 is 1.61. The summed E-state index contributed by atoms with van der Waals surface area (Å²) in [5.41, 5.74) is 3.11. The third kappa shape index (κ3) is 3.64. The smallest absolute Gasteiger partial charge is 0.274 e. The van der Waals surface area contributed by atoms with Crippen molar-refractivity contribution in [3.8, 4) is 0 Å². The maximum atomic E-state index is 13.0. The first-order valence-corrected chi connectivity index (χ1v) is 11.1. The number of carbonyl (C=O) groups is 1. The molecule has 3 heterocycles. The Bertz CT molecular complexity index is 1070. The van der Waals surface area contributed by atoms with Gasteiger partial charge < -0.3 is 4.90 Å². The zero-order valence-corrected chi connectivity index (χ0v) is 17.8. The zero-order valence-electron chi connectivity index (χ0n) is 16.9. The van der Waals surface area contributed by atoms with E-state index in [2.05, 4.69) is 77.5 Å². The van der Waals surface area contributed by atoms with Crippen molar-refractivity contribution in [2.45, 2.75) is 13.0 Å². The van der Waals surface area contributed by atoms with Gasteiger partial charge >= 0.3 is 0 Å². The Balaban J connectivity index is 1.33. The van der Waals surface area contributed by atoms with E-state index < -0.39 is 0 Å². The third-order valence-electron chi connectivity index (χ3n) is 5.69. The highest BCUT2D eigenvalue weighted by Gasteiger charge is 2.29. The first-order valence-electron chi connectivity index (χ1n) is 10.3. The number of fused-ring (bicyclic) bond motifs is 1. The summed E-state index contributed by atoms with van der Waals surface area (Å²) in [7, 11) is 0. The third-order valence-corrected chi connectivity index (χ3v) is 6.60. The molecule has 2 aromatic heterocycles. The lowest BCUT2D eigenvalue weighted by Gasteiger charge is -2.39. The summed E-state index contributed by atoms with van der Waals surface area (Å²) in [6, 6.07) is 21.4. The predicted octanol–water partition coefficient (Wildman–Crippen LogP) is 4.25. The Morgan fingerprint density at radius 1 is 0.900 bits per heavy atom. The van der Waals surface area contributed by atoms with Gasteiger partial charge in [0.15, 0.2) is 4.96 Å². The Labute approximate surface area is 180 Å². The maximum Gasteiger partial charge on any atom is 0.274 e. The average Bonchev–Trinajstić information content (AvgIpc) is 3.33. The number of carbonyl (C=O) groups excluding carboxylic acids is 1. The fourth-order valence-corrected chi connectivity index (χ4v) is 5.05. The van der Waals surface area contributed by atoms with Crippen LogP contribution >= 0.6 is 11.3 Å². The van der Waals surface area contributed by atoms with Crippen molar-refractivity contribution in [3.05, 3.63) is 94.8 Å². The minimum Gasteiger partial charge on any atom is -0.335 e. The second-order valence-corrected chi connectivity index (χ2v) is 8.92. The zero-order chi connectivity index (χ0) is 20.5. The molecule has 152 valence electrons. The molecule has 0 unspecified atom stereocenters. The molecule has 0 saturated carbocycles. The summed E-state index contributed by atoms with van der Waals surface area (Å²) in [6.45, 7) is 5.14. The van der Waals surface area contributed by atoms with Gasteiger partial charge in [-0.15, -0.1) is 11.3 Å². The highest BCUT2D eigenvalue weighted by molar-refractivity contribution is 7.17. The van der Waals surface area contributed by atoms with E-state index in [0.717, 1.165) is 18.1 Å². The second kappa shape index (κ2) is 8.05. The highest BCUT2D eigenvalue weighted by atomic mass is 32.1. The number of thiazole rings is 1. The van der Waals surface area contributed by atoms with Crippen molar-refractivity contribution in [3.63, 3.8) is 0 Å². The van der Waals surface area contributed by atoms with E-state index in [1.807, 2.05) is 21.7 Å². The van der Waals surface area contributed by atoms with Crippen molar-refractivity contribution in [1.29, 1.82) is 0 Å². The van der Waals surface area contributed by atoms with Gasteiger partial charge in [0.1, 0.15) is 5.69 Å². The molecule has 1 amide bonds. The molecule has 1 saturated heterocycles. The molecule has 0 radical (unpaired) electrons. The lowest BCUT2D eigenvalue weighted by Crippen LogP contribution is -2.50. The summed E-state index contributed by atoms with van der Waals surface area (Å²) < 4.78 is 1.95. The van der Waals surface area contributed by atoms with Crippen LogP contribution in [0.2, 0.25) is 0 Å². The molecule has 1 aliphatic heterocycles. The Hall–Kier alpha value is -2.96. The number of piperazine rings is 1. The van der Waals surface area contributed by atoms with Gasteiger partial charge in [-0.3, -0.25) is 14.1 Å². The van der Waals surface area contributed by atoms with Gasteiger partial charge in [0.2, 0.25) is 0 Å². The van der Waals surface area contributed by atoms with E-state index in [1.165, 1.54) is 16.0 Å². The fraction of sp³-hybridized carbons (Fsp3) is 0.250. The molecule has 0 atom stereocenters. The second-order valence-electron chi connectivity index (χ2n) is 7.71.